The lowest BCUT2D eigenvalue weighted by Crippen LogP contribution is -2.59. The summed E-state index contributed by atoms with van der Waals surface area (Å²) in [5.41, 5.74) is 6.28. The first-order valence-corrected chi connectivity index (χ1v) is 8.89. The standard InChI is InChI=1S/C16H24N6O9/c17-8(1-7-3-18-6-19-7)13(27)21-10(4-23)15(29)22-11(5-24)14(28)20-9(16(30)31)2-12(25)26/h3,6,8-11,23-24H,1-2,4-5,17H2,(H,18,19)(H,20,28)(H,21,27)(H,22,29)(H,25,26)(H,30,31). The van der Waals surface area contributed by atoms with Crippen LogP contribution in [0.2, 0.25) is 0 Å². The number of carboxylic acid groups (broad SMARTS) is 2. The van der Waals surface area contributed by atoms with E-state index in [1.54, 1.807) is 0 Å². The molecule has 0 aromatic carbocycles. The van der Waals surface area contributed by atoms with Crippen molar-refractivity contribution >= 4 is 29.7 Å². The van der Waals surface area contributed by atoms with Crippen molar-refractivity contribution in [2.75, 3.05) is 13.2 Å². The molecule has 1 aromatic rings. The van der Waals surface area contributed by atoms with Crippen molar-refractivity contribution in [2.45, 2.75) is 37.0 Å². The molecule has 0 fully saturated rings. The predicted molar refractivity (Wildman–Crippen MR) is 100 cm³/mol. The molecule has 0 saturated carbocycles. The first-order chi connectivity index (χ1) is 14.6. The summed E-state index contributed by atoms with van der Waals surface area (Å²) >= 11 is 0. The van der Waals surface area contributed by atoms with Crippen molar-refractivity contribution in [3.05, 3.63) is 18.2 Å². The fourth-order valence-electron chi connectivity index (χ4n) is 2.31. The zero-order chi connectivity index (χ0) is 23.6. The van der Waals surface area contributed by atoms with Gasteiger partial charge in [-0.15, -0.1) is 0 Å². The summed E-state index contributed by atoms with van der Waals surface area (Å²) in [7, 11) is 0. The second kappa shape index (κ2) is 12.2. The van der Waals surface area contributed by atoms with Crippen LogP contribution in [0, 0.1) is 0 Å². The lowest BCUT2D eigenvalue weighted by molar-refractivity contribution is -0.147. The zero-order valence-corrected chi connectivity index (χ0v) is 16.1. The number of aromatic amines is 1. The van der Waals surface area contributed by atoms with Gasteiger partial charge in [-0.3, -0.25) is 19.2 Å². The summed E-state index contributed by atoms with van der Waals surface area (Å²) in [5, 5.41) is 42.4. The minimum Gasteiger partial charge on any atom is -0.481 e. The van der Waals surface area contributed by atoms with Crippen LogP contribution in [-0.4, -0.2) is 97.4 Å². The van der Waals surface area contributed by atoms with Crippen molar-refractivity contribution in [2.24, 2.45) is 5.73 Å². The fraction of sp³-hybridized carbons (Fsp3) is 0.500. The van der Waals surface area contributed by atoms with E-state index in [4.69, 9.17) is 15.9 Å². The van der Waals surface area contributed by atoms with Crippen LogP contribution in [-0.2, 0) is 30.4 Å². The lowest BCUT2D eigenvalue weighted by Gasteiger charge is -2.23. The van der Waals surface area contributed by atoms with Crippen molar-refractivity contribution in [3.63, 3.8) is 0 Å². The molecule has 4 atom stereocenters. The van der Waals surface area contributed by atoms with Gasteiger partial charge in [0, 0.05) is 18.3 Å². The summed E-state index contributed by atoms with van der Waals surface area (Å²) in [6.45, 7) is -1.84. The normalized spacial score (nSPS) is 14.5. The minimum absolute atomic E-state index is 0.0629. The summed E-state index contributed by atoms with van der Waals surface area (Å²) in [4.78, 5) is 64.7. The number of aliphatic hydroxyl groups is 2. The highest BCUT2D eigenvalue weighted by molar-refractivity contribution is 5.94. The molecule has 1 rings (SSSR count). The molecule has 0 saturated heterocycles. The predicted octanol–water partition coefficient (Wildman–Crippen LogP) is -4.72. The van der Waals surface area contributed by atoms with Crippen LogP contribution in [0.5, 0.6) is 0 Å². The number of carbonyl (C=O) groups excluding carboxylic acids is 3. The SMILES string of the molecule is NC(Cc1cnc[nH]1)C(=O)NC(CO)C(=O)NC(CO)C(=O)NC(CC(=O)O)C(=O)O. The average Bonchev–Trinajstić information content (AvgIpc) is 3.21. The molecule has 31 heavy (non-hydrogen) atoms. The van der Waals surface area contributed by atoms with E-state index in [-0.39, 0.29) is 6.42 Å². The van der Waals surface area contributed by atoms with E-state index in [0.717, 1.165) is 0 Å². The van der Waals surface area contributed by atoms with Gasteiger partial charge in [0.15, 0.2) is 0 Å². The number of aliphatic carboxylic acids is 2. The molecule has 0 aliphatic carbocycles. The van der Waals surface area contributed by atoms with Crippen molar-refractivity contribution in [3.8, 4) is 0 Å². The monoisotopic (exact) mass is 444 g/mol. The Bertz CT molecular complexity index is 785. The maximum absolute atomic E-state index is 12.3. The number of carbonyl (C=O) groups is 5. The third-order valence-corrected chi connectivity index (χ3v) is 3.96. The van der Waals surface area contributed by atoms with Gasteiger partial charge >= 0.3 is 11.9 Å². The smallest absolute Gasteiger partial charge is 0.326 e. The Labute approximate surface area is 175 Å². The van der Waals surface area contributed by atoms with E-state index in [2.05, 4.69) is 15.3 Å². The molecule has 0 spiro atoms. The van der Waals surface area contributed by atoms with E-state index >= 15 is 0 Å². The molecule has 0 aliphatic rings. The molecule has 0 radical (unpaired) electrons. The molecule has 15 nitrogen and oxygen atoms in total. The number of aliphatic hydroxyl groups excluding tert-OH is 2. The number of rotatable bonds is 13. The first-order valence-electron chi connectivity index (χ1n) is 8.89. The van der Waals surface area contributed by atoms with Crippen LogP contribution in [0.25, 0.3) is 0 Å². The van der Waals surface area contributed by atoms with E-state index in [1.165, 1.54) is 12.5 Å². The first kappa shape index (κ1) is 25.5. The number of amides is 3. The van der Waals surface area contributed by atoms with Crippen LogP contribution in [0.15, 0.2) is 12.5 Å². The largest absolute Gasteiger partial charge is 0.481 e. The Morgan fingerprint density at radius 1 is 0.935 bits per heavy atom. The molecule has 4 unspecified atom stereocenters. The molecule has 0 aliphatic heterocycles. The number of carboxylic acids is 2. The molecule has 15 heteroatoms. The quantitative estimate of drug-likeness (QED) is 0.139. The Morgan fingerprint density at radius 2 is 1.45 bits per heavy atom. The van der Waals surface area contributed by atoms with E-state index < -0.39 is 73.5 Å². The van der Waals surface area contributed by atoms with Gasteiger partial charge in [0.25, 0.3) is 0 Å². The van der Waals surface area contributed by atoms with E-state index in [9.17, 15) is 34.2 Å². The average molecular weight is 444 g/mol. The highest BCUT2D eigenvalue weighted by Gasteiger charge is 2.30. The van der Waals surface area contributed by atoms with Gasteiger partial charge in [-0.25, -0.2) is 9.78 Å². The molecule has 3 amide bonds. The lowest BCUT2D eigenvalue weighted by atomic mass is 10.1. The number of nitrogens with one attached hydrogen (secondary N) is 4. The summed E-state index contributed by atoms with van der Waals surface area (Å²) in [5.74, 6) is -6.16. The Hall–Kier alpha value is -3.56. The topological polar surface area (TPSA) is 257 Å². The second-order valence-corrected chi connectivity index (χ2v) is 6.37. The van der Waals surface area contributed by atoms with Crippen molar-refractivity contribution in [1.29, 1.82) is 0 Å². The van der Waals surface area contributed by atoms with Crippen LogP contribution in [0.4, 0.5) is 0 Å². The van der Waals surface area contributed by atoms with Gasteiger partial charge < -0.3 is 47.1 Å². The third kappa shape index (κ3) is 8.37. The van der Waals surface area contributed by atoms with Gasteiger partial charge in [-0.2, -0.15) is 0 Å². The van der Waals surface area contributed by atoms with Crippen LogP contribution in [0.3, 0.4) is 0 Å². The van der Waals surface area contributed by atoms with E-state index in [1.807, 2.05) is 10.6 Å². The fourth-order valence-corrected chi connectivity index (χ4v) is 2.31. The maximum atomic E-state index is 12.3. The van der Waals surface area contributed by atoms with Crippen LogP contribution >= 0.6 is 0 Å². The molecule has 1 aromatic heterocycles. The van der Waals surface area contributed by atoms with Gasteiger partial charge in [0.05, 0.1) is 32.0 Å². The van der Waals surface area contributed by atoms with Gasteiger partial charge in [-0.05, 0) is 0 Å². The van der Waals surface area contributed by atoms with Crippen molar-refractivity contribution in [1.82, 2.24) is 25.9 Å². The summed E-state index contributed by atoms with van der Waals surface area (Å²) < 4.78 is 0. The van der Waals surface area contributed by atoms with E-state index in [0.29, 0.717) is 5.69 Å². The third-order valence-electron chi connectivity index (χ3n) is 3.96. The number of H-pyrrole nitrogens is 1. The number of aromatic nitrogens is 2. The van der Waals surface area contributed by atoms with Gasteiger partial charge in [0.1, 0.15) is 18.1 Å². The molecule has 0 bridgehead atoms. The molecular formula is C16H24N6O9. The summed E-state index contributed by atoms with van der Waals surface area (Å²) in [6.07, 6.45) is 1.96. The van der Waals surface area contributed by atoms with Gasteiger partial charge in [-0.1, -0.05) is 0 Å². The number of hydrogen-bond acceptors (Lipinski definition) is 9. The van der Waals surface area contributed by atoms with Crippen LogP contribution in [0.1, 0.15) is 12.1 Å². The zero-order valence-electron chi connectivity index (χ0n) is 16.1. The van der Waals surface area contributed by atoms with Crippen molar-refractivity contribution < 1.29 is 44.4 Å². The number of nitrogens with zero attached hydrogens (tertiary/aromatic N) is 1. The molecule has 172 valence electrons. The highest BCUT2D eigenvalue weighted by atomic mass is 16.4. The van der Waals surface area contributed by atoms with Crippen LogP contribution < -0.4 is 21.7 Å². The number of nitrogens with two attached hydrogens (primary N) is 1. The van der Waals surface area contributed by atoms with Gasteiger partial charge in [0.2, 0.25) is 17.7 Å². The Balaban J connectivity index is 2.70. The molecular weight excluding hydrogens is 420 g/mol. The summed E-state index contributed by atoms with van der Waals surface area (Å²) in [6, 6.07) is -6.10. The second-order valence-electron chi connectivity index (χ2n) is 6.37. The minimum atomic E-state index is -1.80. The number of hydrogen-bond donors (Lipinski definition) is 9. The maximum Gasteiger partial charge on any atom is 0.326 e. The Morgan fingerprint density at radius 3 is 1.87 bits per heavy atom. The Kier molecular flexibility index (Phi) is 10.0. The number of imidazole rings is 1. The molecule has 10 N–H and O–H groups in total. The molecule has 1 heterocycles. The highest BCUT2D eigenvalue weighted by Crippen LogP contribution is 1.99.